The van der Waals surface area contributed by atoms with Gasteiger partial charge >= 0.3 is 0 Å². The van der Waals surface area contributed by atoms with Crippen LogP contribution in [-0.4, -0.2) is 17.6 Å². The van der Waals surface area contributed by atoms with Crippen molar-refractivity contribution in [3.63, 3.8) is 0 Å². The van der Waals surface area contributed by atoms with Crippen molar-refractivity contribution < 1.29 is 9.32 Å². The van der Waals surface area contributed by atoms with E-state index in [-0.39, 0.29) is 11.1 Å². The van der Waals surface area contributed by atoms with E-state index < -0.39 is 0 Å². The first-order chi connectivity index (χ1) is 10.6. The molecule has 6 heteroatoms. The Hall–Kier alpha value is -1.85. The molecule has 1 aromatic heterocycles. The molecule has 1 heterocycles. The third-order valence-electron chi connectivity index (χ3n) is 3.33. The Kier molecular flexibility index (Phi) is 5.98. The maximum atomic E-state index is 12.0. The summed E-state index contributed by atoms with van der Waals surface area (Å²) in [6, 6.07) is 7.81. The lowest BCUT2D eigenvalue weighted by Crippen LogP contribution is -2.14. The van der Waals surface area contributed by atoms with Gasteiger partial charge < -0.3 is 15.2 Å². The fraction of sp³-hybridized carbons (Fsp3) is 0.375. The molecule has 22 heavy (non-hydrogen) atoms. The van der Waals surface area contributed by atoms with Gasteiger partial charge in [0.15, 0.2) is 0 Å². The van der Waals surface area contributed by atoms with Crippen molar-refractivity contribution >= 4 is 23.2 Å². The van der Waals surface area contributed by atoms with E-state index in [2.05, 4.69) is 22.7 Å². The molecule has 1 aromatic carbocycles. The smallest absolute Gasteiger partial charge is 0.229 e. The molecule has 1 amide bonds. The van der Waals surface area contributed by atoms with Gasteiger partial charge in [-0.05, 0) is 49.2 Å². The number of aromatic nitrogens is 1. The molecule has 0 radical (unpaired) electrons. The minimum atomic E-state index is -0.0581. The molecule has 118 valence electrons. The van der Waals surface area contributed by atoms with Crippen LogP contribution >= 0.6 is 11.6 Å². The SMILES string of the molecule is CCNCc1cccc(NC(=O)CCc2c(C)noc2Cl)c1. The first kappa shape index (κ1) is 16.5. The van der Waals surface area contributed by atoms with E-state index in [1.165, 1.54) is 0 Å². The standard InChI is InChI=1S/C16H20ClN3O2/c1-3-18-10-12-5-4-6-13(9-12)19-15(21)8-7-14-11(2)20-22-16(14)17/h4-6,9,18H,3,7-8,10H2,1-2H3,(H,19,21). The number of nitrogens with one attached hydrogen (secondary N) is 2. The van der Waals surface area contributed by atoms with Gasteiger partial charge in [0, 0.05) is 24.2 Å². The highest BCUT2D eigenvalue weighted by molar-refractivity contribution is 6.29. The van der Waals surface area contributed by atoms with Gasteiger partial charge in [0.2, 0.25) is 11.1 Å². The van der Waals surface area contributed by atoms with Crippen molar-refractivity contribution in [1.29, 1.82) is 0 Å². The third-order valence-corrected chi connectivity index (χ3v) is 3.63. The van der Waals surface area contributed by atoms with Crippen molar-refractivity contribution in [2.45, 2.75) is 33.2 Å². The molecule has 5 nitrogen and oxygen atoms in total. The van der Waals surface area contributed by atoms with Crippen LogP contribution in [0.2, 0.25) is 5.22 Å². The van der Waals surface area contributed by atoms with E-state index in [1.807, 2.05) is 31.2 Å². The highest BCUT2D eigenvalue weighted by atomic mass is 35.5. The Balaban J connectivity index is 1.89. The lowest BCUT2D eigenvalue weighted by molar-refractivity contribution is -0.116. The fourth-order valence-corrected chi connectivity index (χ4v) is 2.40. The number of benzene rings is 1. The van der Waals surface area contributed by atoms with Gasteiger partial charge in [-0.25, -0.2) is 0 Å². The molecule has 2 aromatic rings. The topological polar surface area (TPSA) is 67.2 Å². The summed E-state index contributed by atoms with van der Waals surface area (Å²) < 4.78 is 4.88. The maximum absolute atomic E-state index is 12.0. The normalized spacial score (nSPS) is 10.7. The number of anilines is 1. The van der Waals surface area contributed by atoms with Crippen LogP contribution in [0.15, 0.2) is 28.8 Å². The summed E-state index contributed by atoms with van der Waals surface area (Å²) in [6.45, 7) is 5.57. The predicted octanol–water partition coefficient (Wildman–Crippen LogP) is 3.32. The molecular weight excluding hydrogens is 302 g/mol. The van der Waals surface area contributed by atoms with E-state index in [9.17, 15) is 4.79 Å². The van der Waals surface area contributed by atoms with Crippen LogP contribution in [0, 0.1) is 6.92 Å². The van der Waals surface area contributed by atoms with E-state index >= 15 is 0 Å². The van der Waals surface area contributed by atoms with Crippen LogP contribution < -0.4 is 10.6 Å². The molecule has 2 N–H and O–H groups in total. The lowest BCUT2D eigenvalue weighted by Gasteiger charge is -2.08. The molecule has 0 saturated carbocycles. The molecule has 0 aliphatic carbocycles. The summed E-state index contributed by atoms with van der Waals surface area (Å²) in [5.74, 6) is -0.0581. The largest absolute Gasteiger partial charge is 0.344 e. The van der Waals surface area contributed by atoms with Crippen LogP contribution in [0.25, 0.3) is 0 Å². The Bertz CT molecular complexity index is 621. The molecular formula is C16H20ClN3O2. The van der Waals surface area contributed by atoms with Crippen molar-refractivity contribution in [3.8, 4) is 0 Å². The minimum absolute atomic E-state index is 0.0581. The zero-order valence-electron chi connectivity index (χ0n) is 12.8. The minimum Gasteiger partial charge on any atom is -0.344 e. The predicted molar refractivity (Wildman–Crippen MR) is 87.0 cm³/mol. The van der Waals surface area contributed by atoms with Crippen LogP contribution in [0.5, 0.6) is 0 Å². The summed E-state index contributed by atoms with van der Waals surface area (Å²) in [5.41, 5.74) is 3.45. The lowest BCUT2D eigenvalue weighted by atomic mass is 10.1. The molecule has 0 aliphatic rings. The van der Waals surface area contributed by atoms with Gasteiger partial charge in [-0.1, -0.05) is 24.2 Å². The van der Waals surface area contributed by atoms with E-state index in [4.69, 9.17) is 16.1 Å². The van der Waals surface area contributed by atoms with Gasteiger partial charge in [-0.15, -0.1) is 0 Å². The number of carbonyl (C=O) groups is 1. The number of hydrogen-bond acceptors (Lipinski definition) is 4. The molecule has 0 aliphatic heterocycles. The first-order valence-electron chi connectivity index (χ1n) is 7.30. The summed E-state index contributed by atoms with van der Waals surface area (Å²) in [7, 11) is 0. The van der Waals surface area contributed by atoms with Crippen molar-refractivity contribution in [1.82, 2.24) is 10.5 Å². The van der Waals surface area contributed by atoms with E-state index in [0.717, 1.165) is 35.6 Å². The summed E-state index contributed by atoms with van der Waals surface area (Å²) >= 11 is 5.89. The van der Waals surface area contributed by atoms with Crippen LogP contribution in [0.1, 0.15) is 30.2 Å². The Labute approximate surface area is 135 Å². The molecule has 0 saturated heterocycles. The first-order valence-corrected chi connectivity index (χ1v) is 7.68. The summed E-state index contributed by atoms with van der Waals surface area (Å²) in [6.07, 6.45) is 0.844. The van der Waals surface area contributed by atoms with Crippen LogP contribution in [0.3, 0.4) is 0 Å². The number of hydrogen-bond donors (Lipinski definition) is 2. The summed E-state index contributed by atoms with van der Waals surface area (Å²) in [5, 5.41) is 10.2. The van der Waals surface area contributed by atoms with Gasteiger partial charge in [0.1, 0.15) is 0 Å². The number of aryl methyl sites for hydroxylation is 1. The second-order valence-corrected chi connectivity index (χ2v) is 5.39. The molecule has 0 atom stereocenters. The Morgan fingerprint density at radius 3 is 2.91 bits per heavy atom. The fourth-order valence-electron chi connectivity index (χ4n) is 2.13. The number of carbonyl (C=O) groups excluding carboxylic acids is 1. The van der Waals surface area contributed by atoms with E-state index in [1.54, 1.807) is 0 Å². The summed E-state index contributed by atoms with van der Waals surface area (Å²) in [4.78, 5) is 12.0. The number of amides is 1. The number of halogens is 1. The van der Waals surface area contributed by atoms with Gasteiger partial charge in [-0.2, -0.15) is 0 Å². The van der Waals surface area contributed by atoms with Gasteiger partial charge in [-0.3, -0.25) is 4.79 Å². The number of nitrogens with zero attached hydrogens (tertiary/aromatic N) is 1. The zero-order valence-corrected chi connectivity index (χ0v) is 13.5. The Morgan fingerprint density at radius 1 is 1.41 bits per heavy atom. The van der Waals surface area contributed by atoms with Crippen molar-refractivity contribution in [2.24, 2.45) is 0 Å². The van der Waals surface area contributed by atoms with Gasteiger partial charge in [0.05, 0.1) is 5.69 Å². The quantitative estimate of drug-likeness (QED) is 0.821. The zero-order chi connectivity index (χ0) is 15.9. The molecule has 0 fully saturated rings. The monoisotopic (exact) mass is 321 g/mol. The van der Waals surface area contributed by atoms with Crippen molar-refractivity contribution in [3.05, 3.63) is 46.3 Å². The maximum Gasteiger partial charge on any atom is 0.229 e. The average Bonchev–Trinajstić information content (AvgIpc) is 2.82. The third kappa shape index (κ3) is 4.58. The number of rotatable bonds is 7. The Morgan fingerprint density at radius 2 is 2.23 bits per heavy atom. The molecule has 0 spiro atoms. The highest BCUT2D eigenvalue weighted by Gasteiger charge is 2.12. The second-order valence-electron chi connectivity index (χ2n) is 5.05. The highest BCUT2D eigenvalue weighted by Crippen LogP contribution is 2.20. The van der Waals surface area contributed by atoms with E-state index in [0.29, 0.717) is 12.8 Å². The van der Waals surface area contributed by atoms with Crippen LogP contribution in [-0.2, 0) is 17.8 Å². The molecule has 0 unspecified atom stereocenters. The second kappa shape index (κ2) is 7.96. The molecule has 2 rings (SSSR count). The average molecular weight is 322 g/mol. The van der Waals surface area contributed by atoms with Gasteiger partial charge in [0.25, 0.3) is 0 Å². The van der Waals surface area contributed by atoms with Crippen molar-refractivity contribution in [2.75, 3.05) is 11.9 Å². The molecule has 0 bridgehead atoms. The van der Waals surface area contributed by atoms with Crippen LogP contribution in [0.4, 0.5) is 5.69 Å².